The van der Waals surface area contributed by atoms with Crippen molar-refractivity contribution in [1.82, 2.24) is 20.2 Å². The molecule has 1 saturated heterocycles. The number of hydrogen-bond acceptors (Lipinski definition) is 6. The molecule has 0 radical (unpaired) electrons. The predicted octanol–water partition coefficient (Wildman–Crippen LogP) is 2.40. The molecule has 1 atom stereocenters. The predicted molar refractivity (Wildman–Crippen MR) is 125 cm³/mol. The van der Waals surface area contributed by atoms with Crippen LogP contribution in [0.1, 0.15) is 30.9 Å². The van der Waals surface area contributed by atoms with Gasteiger partial charge in [-0.25, -0.2) is 9.78 Å². The van der Waals surface area contributed by atoms with Gasteiger partial charge in [0.15, 0.2) is 0 Å². The van der Waals surface area contributed by atoms with Gasteiger partial charge in [0.25, 0.3) is 0 Å². The van der Waals surface area contributed by atoms with Crippen molar-refractivity contribution in [2.45, 2.75) is 31.7 Å². The van der Waals surface area contributed by atoms with Crippen LogP contribution in [0.2, 0.25) is 0 Å². The van der Waals surface area contributed by atoms with E-state index in [1.54, 1.807) is 6.20 Å². The van der Waals surface area contributed by atoms with Gasteiger partial charge in [-0.2, -0.15) is 0 Å². The molecular weight excluding hydrogens is 440 g/mol. The number of aryl methyl sites for hydroxylation is 1. The Bertz CT molecular complexity index is 1190. The van der Waals surface area contributed by atoms with Crippen LogP contribution in [0.15, 0.2) is 36.5 Å². The average Bonchev–Trinajstić information content (AvgIpc) is 3.14. The Morgan fingerprint density at radius 1 is 1.15 bits per heavy atom. The summed E-state index contributed by atoms with van der Waals surface area (Å²) < 4.78 is 12.8. The van der Waals surface area contributed by atoms with Crippen LogP contribution in [0.25, 0.3) is 21.9 Å². The smallest absolute Gasteiger partial charge is 0.404 e. The molecule has 1 aromatic carbocycles. The zero-order chi connectivity index (χ0) is 23.9. The van der Waals surface area contributed by atoms with Gasteiger partial charge >= 0.3 is 6.09 Å². The van der Waals surface area contributed by atoms with Crippen LogP contribution in [-0.4, -0.2) is 65.5 Å². The number of hydrogen-bond donors (Lipinski definition) is 3. The third kappa shape index (κ3) is 5.52. The van der Waals surface area contributed by atoms with E-state index < -0.39 is 12.1 Å². The summed E-state index contributed by atoms with van der Waals surface area (Å²) >= 11 is 0. The largest absolute Gasteiger partial charge is 0.465 e. The van der Waals surface area contributed by atoms with Crippen molar-refractivity contribution >= 4 is 39.8 Å². The summed E-state index contributed by atoms with van der Waals surface area (Å²) in [4.78, 5) is 39.0. The number of benzene rings is 1. The Balaban J connectivity index is 1.36. The van der Waals surface area contributed by atoms with Crippen LogP contribution in [0.3, 0.4) is 0 Å². The Morgan fingerprint density at radius 2 is 1.97 bits per heavy atom. The van der Waals surface area contributed by atoms with Crippen LogP contribution in [0, 0.1) is 0 Å². The van der Waals surface area contributed by atoms with Gasteiger partial charge in [0, 0.05) is 36.5 Å². The first kappa shape index (κ1) is 23.7. The van der Waals surface area contributed by atoms with Crippen molar-refractivity contribution in [3.8, 4) is 0 Å². The fourth-order valence-electron chi connectivity index (χ4n) is 4.25. The number of piperidine rings is 1. The molecule has 1 unspecified atom stereocenters. The molecule has 3 aromatic rings. The first-order chi connectivity index (χ1) is 16.5. The minimum absolute atomic E-state index is 0.235. The lowest BCUT2D eigenvalue weighted by Crippen LogP contribution is -2.41. The molecule has 3 amide bonds. The Labute approximate surface area is 196 Å². The minimum Gasteiger partial charge on any atom is -0.465 e. The Morgan fingerprint density at radius 3 is 2.76 bits per heavy atom. The SMILES string of the molecule is O=C(O)NCCOCCOCCCc1ccc2c(c1)c1cccnc1n2C1CCC(=O)NC1=O. The van der Waals surface area contributed by atoms with Crippen LogP contribution in [0.5, 0.6) is 0 Å². The second-order valence-corrected chi connectivity index (χ2v) is 8.12. The number of nitrogens with one attached hydrogen (secondary N) is 2. The number of amides is 3. The number of rotatable bonds is 11. The fourth-order valence-corrected chi connectivity index (χ4v) is 4.25. The molecule has 1 aliphatic heterocycles. The number of nitrogens with zero attached hydrogens (tertiary/aromatic N) is 2. The van der Waals surface area contributed by atoms with Crippen LogP contribution >= 0.6 is 0 Å². The number of aromatic nitrogens is 2. The third-order valence-corrected chi connectivity index (χ3v) is 5.80. The second-order valence-electron chi connectivity index (χ2n) is 8.12. The summed E-state index contributed by atoms with van der Waals surface area (Å²) in [6, 6.07) is 9.65. The molecule has 10 nitrogen and oxygen atoms in total. The van der Waals surface area contributed by atoms with E-state index in [1.165, 1.54) is 5.56 Å². The molecule has 0 bridgehead atoms. The molecule has 10 heteroatoms. The van der Waals surface area contributed by atoms with Gasteiger partial charge in [0.1, 0.15) is 11.7 Å². The molecule has 1 fully saturated rings. The quantitative estimate of drug-likeness (QED) is 0.291. The van der Waals surface area contributed by atoms with E-state index in [4.69, 9.17) is 14.6 Å². The van der Waals surface area contributed by atoms with Crippen LogP contribution in [0.4, 0.5) is 4.79 Å². The van der Waals surface area contributed by atoms with E-state index in [0.717, 1.165) is 34.8 Å². The van der Waals surface area contributed by atoms with Gasteiger partial charge < -0.3 is 24.5 Å². The monoisotopic (exact) mass is 468 g/mol. The van der Waals surface area contributed by atoms with Gasteiger partial charge in [-0.3, -0.25) is 14.9 Å². The maximum atomic E-state index is 12.6. The van der Waals surface area contributed by atoms with Crippen LogP contribution in [-0.2, 0) is 25.5 Å². The molecule has 0 spiro atoms. The van der Waals surface area contributed by atoms with Gasteiger partial charge in [-0.15, -0.1) is 0 Å². The van der Waals surface area contributed by atoms with E-state index in [0.29, 0.717) is 39.3 Å². The van der Waals surface area contributed by atoms with E-state index in [2.05, 4.69) is 27.8 Å². The standard InChI is InChI=1S/C24H28N4O6/c29-21-8-7-20(23(30)27-21)28-19-6-5-16(15-18(19)17-4-1-9-25-22(17)28)3-2-11-33-13-14-34-12-10-26-24(31)32/h1,4-6,9,15,20,26H,2-3,7-8,10-14H2,(H,31,32)(H,27,29,30). The summed E-state index contributed by atoms with van der Waals surface area (Å²) in [6.07, 6.45) is 3.11. The Hall–Kier alpha value is -3.50. The van der Waals surface area contributed by atoms with Crippen molar-refractivity contribution < 1.29 is 29.0 Å². The zero-order valence-corrected chi connectivity index (χ0v) is 18.8. The molecule has 0 aliphatic carbocycles. The molecule has 2 aromatic heterocycles. The van der Waals surface area contributed by atoms with Gasteiger partial charge in [0.05, 0.1) is 25.3 Å². The molecule has 34 heavy (non-hydrogen) atoms. The third-order valence-electron chi connectivity index (χ3n) is 5.80. The summed E-state index contributed by atoms with van der Waals surface area (Å²) in [6.45, 7) is 2.04. The molecule has 3 heterocycles. The average molecular weight is 469 g/mol. The number of ether oxygens (including phenoxy) is 2. The maximum Gasteiger partial charge on any atom is 0.404 e. The lowest BCUT2D eigenvalue weighted by Gasteiger charge is -2.23. The number of fused-ring (bicyclic) bond motifs is 3. The molecular formula is C24H28N4O6. The summed E-state index contributed by atoms with van der Waals surface area (Å²) in [5.41, 5.74) is 2.84. The van der Waals surface area contributed by atoms with E-state index in [9.17, 15) is 14.4 Å². The zero-order valence-electron chi connectivity index (χ0n) is 18.8. The highest BCUT2D eigenvalue weighted by molar-refractivity contribution is 6.09. The lowest BCUT2D eigenvalue weighted by molar-refractivity contribution is -0.135. The fraction of sp³-hybridized carbons (Fsp3) is 0.417. The van der Waals surface area contributed by atoms with Gasteiger partial charge in [0.2, 0.25) is 11.8 Å². The van der Waals surface area contributed by atoms with Gasteiger partial charge in [-0.05, 0) is 49.1 Å². The second kappa shape index (κ2) is 11.1. The van der Waals surface area contributed by atoms with Crippen molar-refractivity contribution in [3.63, 3.8) is 0 Å². The minimum atomic E-state index is -1.06. The first-order valence-electron chi connectivity index (χ1n) is 11.4. The lowest BCUT2D eigenvalue weighted by atomic mass is 10.0. The first-order valence-corrected chi connectivity index (χ1v) is 11.4. The Kier molecular flexibility index (Phi) is 7.71. The number of carbonyl (C=O) groups excluding carboxylic acids is 2. The highest BCUT2D eigenvalue weighted by atomic mass is 16.5. The number of carboxylic acid groups (broad SMARTS) is 1. The molecule has 0 saturated carbocycles. The normalized spacial score (nSPS) is 16.2. The molecule has 180 valence electrons. The highest BCUT2D eigenvalue weighted by Crippen LogP contribution is 2.34. The molecule has 4 rings (SSSR count). The van der Waals surface area contributed by atoms with Crippen LogP contribution < -0.4 is 10.6 Å². The number of imide groups is 1. The summed E-state index contributed by atoms with van der Waals surface area (Å²) in [5, 5.41) is 15.2. The summed E-state index contributed by atoms with van der Waals surface area (Å²) in [5.74, 6) is -0.523. The van der Waals surface area contributed by atoms with Crippen molar-refractivity contribution in [2.24, 2.45) is 0 Å². The number of pyridine rings is 1. The topological polar surface area (TPSA) is 132 Å². The highest BCUT2D eigenvalue weighted by Gasteiger charge is 2.30. The van der Waals surface area contributed by atoms with Crippen molar-refractivity contribution in [3.05, 3.63) is 42.1 Å². The molecule has 3 N–H and O–H groups in total. The summed E-state index contributed by atoms with van der Waals surface area (Å²) in [7, 11) is 0. The van der Waals surface area contributed by atoms with Crippen molar-refractivity contribution in [2.75, 3.05) is 33.0 Å². The number of carbonyl (C=O) groups is 3. The van der Waals surface area contributed by atoms with E-state index in [-0.39, 0.29) is 18.4 Å². The molecule has 1 aliphatic rings. The van der Waals surface area contributed by atoms with E-state index >= 15 is 0 Å². The maximum absolute atomic E-state index is 12.6. The van der Waals surface area contributed by atoms with E-state index in [1.807, 2.05) is 22.8 Å². The van der Waals surface area contributed by atoms with Gasteiger partial charge in [-0.1, -0.05) is 6.07 Å². The van der Waals surface area contributed by atoms with Crippen molar-refractivity contribution in [1.29, 1.82) is 0 Å².